The van der Waals surface area contributed by atoms with Crippen LogP contribution in [0.4, 0.5) is 4.79 Å². The van der Waals surface area contributed by atoms with Gasteiger partial charge in [0.05, 0.1) is 6.10 Å². The van der Waals surface area contributed by atoms with Crippen molar-refractivity contribution in [3.63, 3.8) is 0 Å². The molecule has 0 aromatic heterocycles. The zero-order chi connectivity index (χ0) is 10.8. The number of carbonyl (C=O) groups excluding carboxylic acids is 1. The van der Waals surface area contributed by atoms with Gasteiger partial charge >= 0.3 is 6.03 Å². The predicted molar refractivity (Wildman–Crippen MR) is 57.5 cm³/mol. The summed E-state index contributed by atoms with van der Waals surface area (Å²) >= 11 is 0. The first-order valence-corrected chi connectivity index (χ1v) is 5.93. The molecule has 2 rings (SSSR count). The summed E-state index contributed by atoms with van der Waals surface area (Å²) in [5.41, 5.74) is 0. The number of fused-ring (bicyclic) bond motifs is 1. The van der Waals surface area contributed by atoms with Crippen molar-refractivity contribution in [2.45, 2.75) is 32.3 Å². The number of likely N-dealkylation sites (tertiary alicyclic amines) is 1. The lowest BCUT2D eigenvalue weighted by Gasteiger charge is -2.18. The highest BCUT2D eigenvalue weighted by Crippen LogP contribution is 2.37. The van der Waals surface area contributed by atoms with Gasteiger partial charge in [-0.05, 0) is 25.2 Å². The van der Waals surface area contributed by atoms with Crippen LogP contribution in [-0.4, -0.2) is 41.8 Å². The smallest absolute Gasteiger partial charge is 0.317 e. The van der Waals surface area contributed by atoms with Gasteiger partial charge in [-0.15, -0.1) is 0 Å². The largest absolute Gasteiger partial charge is 0.393 e. The van der Waals surface area contributed by atoms with E-state index in [9.17, 15) is 9.90 Å². The van der Waals surface area contributed by atoms with Gasteiger partial charge in [0.25, 0.3) is 0 Å². The highest BCUT2D eigenvalue weighted by molar-refractivity contribution is 5.74. The maximum Gasteiger partial charge on any atom is 0.317 e. The Labute approximate surface area is 90.6 Å². The molecule has 3 unspecified atom stereocenters. The molecule has 4 heteroatoms. The minimum absolute atomic E-state index is 0.0402. The van der Waals surface area contributed by atoms with E-state index in [0.717, 1.165) is 38.9 Å². The molecule has 0 aromatic carbocycles. The highest BCUT2D eigenvalue weighted by Gasteiger charge is 2.43. The molecular weight excluding hydrogens is 192 g/mol. The number of aliphatic hydroxyl groups excluding tert-OH is 1. The third-order valence-electron chi connectivity index (χ3n) is 3.63. The molecule has 0 radical (unpaired) electrons. The first-order valence-electron chi connectivity index (χ1n) is 5.93. The number of carbonyl (C=O) groups is 1. The first-order chi connectivity index (χ1) is 7.22. The predicted octanol–water partition coefficient (Wildman–Crippen LogP) is 0.809. The molecule has 2 aliphatic rings. The molecule has 1 aliphatic heterocycles. The van der Waals surface area contributed by atoms with Gasteiger partial charge < -0.3 is 15.3 Å². The second kappa shape index (κ2) is 4.39. The van der Waals surface area contributed by atoms with E-state index >= 15 is 0 Å². The lowest BCUT2D eigenvalue weighted by molar-refractivity contribution is 0.126. The Morgan fingerprint density at radius 1 is 1.47 bits per heavy atom. The Kier molecular flexibility index (Phi) is 3.14. The van der Waals surface area contributed by atoms with Crippen molar-refractivity contribution >= 4 is 6.03 Å². The molecule has 1 heterocycles. The molecule has 0 aromatic rings. The highest BCUT2D eigenvalue weighted by atomic mass is 16.3. The Bertz CT molecular complexity index is 245. The van der Waals surface area contributed by atoms with Crippen molar-refractivity contribution in [1.29, 1.82) is 0 Å². The minimum Gasteiger partial charge on any atom is -0.393 e. The summed E-state index contributed by atoms with van der Waals surface area (Å²) in [5.74, 6) is 0.866. The normalized spacial score (nSPS) is 34.3. The van der Waals surface area contributed by atoms with E-state index in [1.165, 1.54) is 0 Å². The Morgan fingerprint density at radius 3 is 2.93 bits per heavy atom. The second-order valence-electron chi connectivity index (χ2n) is 4.71. The number of urea groups is 1. The van der Waals surface area contributed by atoms with Gasteiger partial charge in [-0.3, -0.25) is 0 Å². The Hall–Kier alpha value is -0.770. The summed E-state index contributed by atoms with van der Waals surface area (Å²) in [5, 5.41) is 12.6. The topological polar surface area (TPSA) is 52.6 Å². The lowest BCUT2D eigenvalue weighted by Crippen LogP contribution is -2.39. The van der Waals surface area contributed by atoms with Crippen LogP contribution >= 0.6 is 0 Å². The average molecular weight is 212 g/mol. The summed E-state index contributed by atoms with van der Waals surface area (Å²) in [7, 11) is 0. The molecule has 1 saturated heterocycles. The van der Waals surface area contributed by atoms with Gasteiger partial charge in [-0.25, -0.2) is 4.79 Å². The van der Waals surface area contributed by atoms with Gasteiger partial charge in [0.1, 0.15) is 0 Å². The van der Waals surface area contributed by atoms with Crippen LogP contribution in [0.2, 0.25) is 0 Å². The molecule has 3 atom stereocenters. The first kappa shape index (κ1) is 10.7. The van der Waals surface area contributed by atoms with E-state index in [4.69, 9.17) is 0 Å². The van der Waals surface area contributed by atoms with Gasteiger partial charge in [-0.1, -0.05) is 6.92 Å². The third-order valence-corrected chi connectivity index (χ3v) is 3.63. The van der Waals surface area contributed by atoms with Crippen LogP contribution in [0.1, 0.15) is 26.2 Å². The van der Waals surface area contributed by atoms with Crippen LogP contribution in [0.3, 0.4) is 0 Å². The summed E-state index contributed by atoms with van der Waals surface area (Å²) in [4.78, 5) is 13.5. The molecule has 2 N–H and O–H groups in total. The number of amides is 2. The number of hydrogen-bond donors (Lipinski definition) is 2. The number of aliphatic hydroxyl groups is 1. The van der Waals surface area contributed by atoms with Crippen molar-refractivity contribution in [3.8, 4) is 0 Å². The maximum absolute atomic E-state index is 11.7. The molecule has 0 spiro atoms. The standard InChI is InChI=1S/C11H20N2O2/c1-2-5-12-11(15)13-6-8-3-4-10(14)9(8)7-13/h8-10,14H,2-7H2,1H3,(H,12,15). The van der Waals surface area contributed by atoms with E-state index < -0.39 is 0 Å². The van der Waals surface area contributed by atoms with E-state index in [2.05, 4.69) is 5.32 Å². The molecule has 1 aliphatic carbocycles. The molecule has 2 amide bonds. The molecule has 86 valence electrons. The van der Waals surface area contributed by atoms with Crippen LogP contribution < -0.4 is 5.32 Å². The molecule has 0 bridgehead atoms. The van der Waals surface area contributed by atoms with E-state index in [1.54, 1.807) is 0 Å². The monoisotopic (exact) mass is 212 g/mol. The van der Waals surface area contributed by atoms with Crippen molar-refractivity contribution in [1.82, 2.24) is 10.2 Å². The lowest BCUT2D eigenvalue weighted by atomic mass is 10.00. The number of nitrogens with one attached hydrogen (secondary N) is 1. The van der Waals surface area contributed by atoms with Crippen LogP contribution in [0.15, 0.2) is 0 Å². The fraction of sp³-hybridized carbons (Fsp3) is 0.909. The molecule has 2 fully saturated rings. The van der Waals surface area contributed by atoms with Crippen LogP contribution in [-0.2, 0) is 0 Å². The quantitative estimate of drug-likeness (QED) is 0.711. The molecule has 1 saturated carbocycles. The van der Waals surface area contributed by atoms with Crippen LogP contribution in [0.25, 0.3) is 0 Å². The Balaban J connectivity index is 1.85. The van der Waals surface area contributed by atoms with Crippen molar-refractivity contribution in [2.24, 2.45) is 11.8 Å². The van der Waals surface area contributed by atoms with Crippen LogP contribution in [0.5, 0.6) is 0 Å². The SMILES string of the molecule is CCCNC(=O)N1CC2CCC(O)C2C1. The summed E-state index contributed by atoms with van der Waals surface area (Å²) < 4.78 is 0. The zero-order valence-electron chi connectivity index (χ0n) is 9.28. The minimum atomic E-state index is -0.182. The fourth-order valence-electron chi connectivity index (χ4n) is 2.75. The van der Waals surface area contributed by atoms with Gasteiger partial charge in [-0.2, -0.15) is 0 Å². The average Bonchev–Trinajstić information content (AvgIpc) is 2.78. The van der Waals surface area contributed by atoms with Gasteiger partial charge in [0.15, 0.2) is 0 Å². The zero-order valence-corrected chi connectivity index (χ0v) is 9.28. The summed E-state index contributed by atoms with van der Waals surface area (Å²) in [6.07, 6.45) is 2.78. The van der Waals surface area contributed by atoms with E-state index in [-0.39, 0.29) is 12.1 Å². The molecule has 4 nitrogen and oxygen atoms in total. The van der Waals surface area contributed by atoms with E-state index in [0.29, 0.717) is 11.8 Å². The summed E-state index contributed by atoms with van der Waals surface area (Å²) in [6, 6.07) is 0.0402. The maximum atomic E-state index is 11.7. The van der Waals surface area contributed by atoms with Crippen LogP contribution in [0, 0.1) is 11.8 Å². The van der Waals surface area contributed by atoms with Gasteiger partial charge in [0, 0.05) is 25.6 Å². The molecule has 15 heavy (non-hydrogen) atoms. The number of rotatable bonds is 2. The third kappa shape index (κ3) is 2.09. The molecular formula is C11H20N2O2. The Morgan fingerprint density at radius 2 is 2.27 bits per heavy atom. The number of hydrogen-bond acceptors (Lipinski definition) is 2. The van der Waals surface area contributed by atoms with E-state index in [1.807, 2.05) is 11.8 Å². The van der Waals surface area contributed by atoms with Gasteiger partial charge in [0.2, 0.25) is 0 Å². The summed E-state index contributed by atoms with van der Waals surface area (Å²) in [6.45, 7) is 4.36. The fourth-order valence-corrected chi connectivity index (χ4v) is 2.75. The van der Waals surface area contributed by atoms with Crippen molar-refractivity contribution in [2.75, 3.05) is 19.6 Å². The second-order valence-corrected chi connectivity index (χ2v) is 4.71. The van der Waals surface area contributed by atoms with Crippen molar-refractivity contribution in [3.05, 3.63) is 0 Å². The van der Waals surface area contributed by atoms with Crippen molar-refractivity contribution < 1.29 is 9.90 Å². The number of nitrogens with zero attached hydrogens (tertiary/aromatic N) is 1.